The number of nitrogens with zero attached hydrogens (tertiary/aromatic N) is 3. The van der Waals surface area contributed by atoms with Crippen LogP contribution in [-0.4, -0.2) is 40.3 Å². The largest absolute Gasteiger partial charge is 0.493 e. The second-order valence-corrected chi connectivity index (χ2v) is 9.80. The van der Waals surface area contributed by atoms with Gasteiger partial charge in [-0.25, -0.2) is 13.4 Å². The summed E-state index contributed by atoms with van der Waals surface area (Å²) in [6.07, 6.45) is 2.82. The van der Waals surface area contributed by atoms with Gasteiger partial charge in [-0.1, -0.05) is 29.8 Å². The lowest BCUT2D eigenvalue weighted by atomic mass is 10.0. The molecule has 4 rings (SSSR count). The first-order valence-corrected chi connectivity index (χ1v) is 11.8. The van der Waals surface area contributed by atoms with Crippen molar-refractivity contribution in [2.45, 2.75) is 18.2 Å². The number of halogens is 1. The van der Waals surface area contributed by atoms with Crippen molar-refractivity contribution in [3.8, 4) is 5.88 Å². The highest BCUT2D eigenvalue weighted by Crippen LogP contribution is 2.26. The number of rotatable bonds is 5. The molecule has 0 radical (unpaired) electrons. The Balaban J connectivity index is 1.66. The molecule has 0 saturated carbocycles. The summed E-state index contributed by atoms with van der Waals surface area (Å²) in [6.45, 7) is 1.75. The van der Waals surface area contributed by atoms with Crippen molar-refractivity contribution in [1.29, 1.82) is 0 Å². The zero-order chi connectivity index (χ0) is 23.0. The molecule has 0 atom stereocenters. The number of fused-ring (bicyclic) bond motifs is 1. The van der Waals surface area contributed by atoms with Crippen LogP contribution in [0.3, 0.4) is 0 Å². The van der Waals surface area contributed by atoms with Gasteiger partial charge in [-0.15, -0.1) is 0 Å². The summed E-state index contributed by atoms with van der Waals surface area (Å²) < 4.78 is 24.7. The number of carbonyl (C=O) groups is 1. The Labute approximate surface area is 189 Å². The van der Waals surface area contributed by atoms with E-state index < -0.39 is 15.7 Å². The molecule has 0 bridgehead atoms. The van der Waals surface area contributed by atoms with Crippen LogP contribution in [0.2, 0.25) is 5.02 Å². The summed E-state index contributed by atoms with van der Waals surface area (Å²) >= 11 is 5.93. The van der Waals surface area contributed by atoms with E-state index in [1.54, 1.807) is 31.2 Å². The van der Waals surface area contributed by atoms with E-state index >= 15 is 0 Å². The average Bonchev–Trinajstić information content (AvgIpc) is 3.16. The molecule has 2 N–H and O–H groups in total. The quantitative estimate of drug-likeness (QED) is 0.460. The molecule has 0 aliphatic heterocycles. The number of amides is 1. The van der Waals surface area contributed by atoms with Crippen LogP contribution in [0.4, 0.5) is 5.69 Å². The first-order chi connectivity index (χ1) is 15.1. The predicted molar refractivity (Wildman–Crippen MR) is 121 cm³/mol. The van der Waals surface area contributed by atoms with Crippen molar-refractivity contribution in [1.82, 2.24) is 14.6 Å². The molecule has 10 heteroatoms. The lowest BCUT2D eigenvalue weighted by Gasteiger charge is -2.10. The molecule has 1 amide bonds. The summed E-state index contributed by atoms with van der Waals surface area (Å²) in [7, 11) is -3.41. The lowest BCUT2D eigenvalue weighted by Crippen LogP contribution is -2.13. The molecule has 2 aromatic carbocycles. The maximum Gasteiger partial charge on any atom is 0.261 e. The van der Waals surface area contributed by atoms with Gasteiger partial charge in [0.1, 0.15) is 5.56 Å². The maximum atomic E-state index is 12.8. The van der Waals surface area contributed by atoms with Crippen molar-refractivity contribution in [2.75, 3.05) is 11.6 Å². The number of anilines is 1. The minimum Gasteiger partial charge on any atom is -0.493 e. The molecule has 32 heavy (non-hydrogen) atoms. The van der Waals surface area contributed by atoms with E-state index in [1.807, 2.05) is 12.1 Å². The van der Waals surface area contributed by atoms with Gasteiger partial charge in [0.25, 0.3) is 5.91 Å². The fourth-order valence-electron chi connectivity index (χ4n) is 3.30. The molecule has 0 spiro atoms. The van der Waals surface area contributed by atoms with Crippen molar-refractivity contribution >= 4 is 38.7 Å². The summed E-state index contributed by atoms with van der Waals surface area (Å²) in [4.78, 5) is 17.4. The number of aryl methyl sites for hydroxylation is 1. The highest BCUT2D eigenvalue weighted by Gasteiger charge is 2.20. The van der Waals surface area contributed by atoms with Crippen molar-refractivity contribution in [2.24, 2.45) is 0 Å². The standard InChI is InChI=1S/C22H19ClN4O4S/c1-13-18(10-14-6-8-15(23)9-7-14)22(29)27-20(25-13)19(12-24-27)21(28)26-16-4-3-5-17(11-16)32(2,30)31/h3-9,11-12,29H,10H2,1-2H3,(H,26,28). The van der Waals surface area contributed by atoms with E-state index in [9.17, 15) is 18.3 Å². The summed E-state index contributed by atoms with van der Waals surface area (Å²) in [6, 6.07) is 13.2. The zero-order valence-corrected chi connectivity index (χ0v) is 18.8. The predicted octanol–water partition coefficient (Wildman–Crippen LogP) is 3.64. The molecule has 0 unspecified atom stereocenters. The minimum absolute atomic E-state index is 0.0913. The molecule has 4 aromatic rings. The fraction of sp³-hybridized carbons (Fsp3) is 0.136. The molecule has 2 aromatic heterocycles. The summed E-state index contributed by atoms with van der Waals surface area (Å²) in [5, 5.41) is 18.2. The number of sulfone groups is 1. The molecular weight excluding hydrogens is 452 g/mol. The van der Waals surface area contributed by atoms with Crippen LogP contribution in [0.1, 0.15) is 27.2 Å². The number of benzene rings is 2. The Morgan fingerprint density at radius 3 is 2.59 bits per heavy atom. The van der Waals surface area contributed by atoms with Crippen LogP contribution in [0.5, 0.6) is 5.88 Å². The van der Waals surface area contributed by atoms with Gasteiger partial charge in [0.15, 0.2) is 15.5 Å². The Hall–Kier alpha value is -3.43. The minimum atomic E-state index is -3.41. The second-order valence-electron chi connectivity index (χ2n) is 7.35. The number of aromatic nitrogens is 3. The molecule has 0 aliphatic carbocycles. The Morgan fingerprint density at radius 2 is 1.91 bits per heavy atom. The fourth-order valence-corrected chi connectivity index (χ4v) is 4.09. The third-order valence-electron chi connectivity index (χ3n) is 4.98. The third kappa shape index (κ3) is 4.30. The molecule has 0 saturated heterocycles. The lowest BCUT2D eigenvalue weighted by molar-refractivity contribution is 0.102. The topological polar surface area (TPSA) is 114 Å². The number of carbonyl (C=O) groups excluding carboxylic acids is 1. The Kier molecular flexibility index (Phi) is 5.62. The van der Waals surface area contributed by atoms with E-state index in [0.717, 1.165) is 11.8 Å². The van der Waals surface area contributed by atoms with E-state index in [1.165, 1.54) is 22.8 Å². The van der Waals surface area contributed by atoms with E-state index in [2.05, 4.69) is 15.4 Å². The van der Waals surface area contributed by atoms with Gasteiger partial charge in [0.05, 0.1) is 11.1 Å². The van der Waals surface area contributed by atoms with Crippen LogP contribution in [0.25, 0.3) is 5.65 Å². The molecular formula is C22H19ClN4O4S. The molecule has 2 heterocycles. The van der Waals surface area contributed by atoms with Gasteiger partial charge in [-0.05, 0) is 42.8 Å². The van der Waals surface area contributed by atoms with Gasteiger partial charge in [-0.3, -0.25) is 4.79 Å². The molecule has 8 nitrogen and oxygen atoms in total. The van der Waals surface area contributed by atoms with Gasteiger partial charge in [-0.2, -0.15) is 9.61 Å². The Morgan fingerprint density at radius 1 is 1.19 bits per heavy atom. The first kappa shape index (κ1) is 21.8. The highest BCUT2D eigenvalue weighted by molar-refractivity contribution is 7.90. The van der Waals surface area contributed by atoms with Crippen LogP contribution < -0.4 is 5.32 Å². The second kappa shape index (κ2) is 8.25. The van der Waals surface area contributed by atoms with Gasteiger partial charge < -0.3 is 10.4 Å². The maximum absolute atomic E-state index is 12.8. The molecule has 164 valence electrons. The Bertz CT molecular complexity index is 1450. The average molecular weight is 471 g/mol. The smallest absolute Gasteiger partial charge is 0.261 e. The first-order valence-electron chi connectivity index (χ1n) is 9.55. The zero-order valence-electron chi connectivity index (χ0n) is 17.2. The number of hydrogen-bond acceptors (Lipinski definition) is 6. The van der Waals surface area contributed by atoms with Crippen LogP contribution in [0.15, 0.2) is 59.6 Å². The van der Waals surface area contributed by atoms with Crippen LogP contribution in [-0.2, 0) is 16.3 Å². The SMILES string of the molecule is Cc1nc2c(C(=O)Nc3cccc(S(C)(=O)=O)c3)cnn2c(O)c1Cc1ccc(Cl)cc1. The third-order valence-corrected chi connectivity index (χ3v) is 6.35. The summed E-state index contributed by atoms with van der Waals surface area (Å²) in [5.74, 6) is -0.636. The number of nitrogens with one attached hydrogen (secondary N) is 1. The number of aromatic hydroxyl groups is 1. The highest BCUT2D eigenvalue weighted by atomic mass is 35.5. The van der Waals surface area contributed by atoms with Crippen LogP contribution >= 0.6 is 11.6 Å². The van der Waals surface area contributed by atoms with Gasteiger partial charge in [0, 0.05) is 34.6 Å². The van der Waals surface area contributed by atoms with Gasteiger partial charge >= 0.3 is 0 Å². The van der Waals surface area contributed by atoms with E-state index in [0.29, 0.717) is 28.4 Å². The van der Waals surface area contributed by atoms with Crippen molar-refractivity contribution < 1.29 is 18.3 Å². The van der Waals surface area contributed by atoms with E-state index in [-0.39, 0.29) is 22.0 Å². The van der Waals surface area contributed by atoms with Crippen LogP contribution in [0, 0.1) is 6.92 Å². The van der Waals surface area contributed by atoms with Crippen molar-refractivity contribution in [3.63, 3.8) is 0 Å². The monoisotopic (exact) mass is 470 g/mol. The van der Waals surface area contributed by atoms with Crippen molar-refractivity contribution in [3.05, 3.63) is 82.1 Å². The molecule has 0 fully saturated rings. The number of hydrogen-bond donors (Lipinski definition) is 2. The summed E-state index contributed by atoms with van der Waals surface area (Å²) in [5.41, 5.74) is 2.72. The van der Waals surface area contributed by atoms with E-state index in [4.69, 9.17) is 11.6 Å². The normalized spacial score (nSPS) is 11.6. The van der Waals surface area contributed by atoms with Gasteiger partial charge in [0.2, 0.25) is 5.88 Å². The molecule has 0 aliphatic rings.